The van der Waals surface area contributed by atoms with E-state index in [2.05, 4.69) is 4.98 Å². The smallest absolute Gasteiger partial charge is 0.217 e. The van der Waals surface area contributed by atoms with E-state index in [1.807, 2.05) is 0 Å². The summed E-state index contributed by atoms with van der Waals surface area (Å²) in [6.45, 7) is 0. The van der Waals surface area contributed by atoms with Crippen molar-refractivity contribution in [1.82, 2.24) is 4.98 Å². The maximum absolute atomic E-state index is 11.6. The minimum absolute atomic E-state index is 0.173. The molecule has 0 aliphatic heterocycles. The number of hydrogen-bond acceptors (Lipinski definition) is 4. The van der Waals surface area contributed by atoms with E-state index in [0.717, 1.165) is 5.56 Å². The molecule has 0 bridgehead atoms. The summed E-state index contributed by atoms with van der Waals surface area (Å²) in [5, 5.41) is 0.469. The Kier molecular flexibility index (Phi) is 4.68. The first-order chi connectivity index (χ1) is 7.19. The maximum Gasteiger partial charge on any atom is 0.217 e. The molecule has 0 radical (unpaired) electrons. The summed E-state index contributed by atoms with van der Waals surface area (Å²) in [7, 11) is 2.83. The third-order valence-corrected chi connectivity index (χ3v) is 2.25. The van der Waals surface area contributed by atoms with Crippen molar-refractivity contribution >= 4 is 17.4 Å². The Hall–Kier alpha value is -0.970. The monoisotopic (exact) mass is 229 g/mol. The van der Waals surface area contributed by atoms with Gasteiger partial charge in [0.05, 0.1) is 5.02 Å². The number of ether oxygens (including phenoxy) is 2. The number of Topliss-reactive ketones (excluding diaryl/α,β-unsaturated/α-hetero) is 1. The second-order valence-electron chi connectivity index (χ2n) is 2.91. The van der Waals surface area contributed by atoms with E-state index < -0.39 is 6.29 Å². The first-order valence-electron chi connectivity index (χ1n) is 4.35. The van der Waals surface area contributed by atoms with Crippen LogP contribution in [-0.2, 0) is 20.7 Å². The number of nitrogens with zero attached hydrogens (tertiary/aromatic N) is 1. The molecule has 1 aromatic heterocycles. The van der Waals surface area contributed by atoms with Crippen molar-refractivity contribution in [2.24, 2.45) is 0 Å². The topological polar surface area (TPSA) is 48.4 Å². The van der Waals surface area contributed by atoms with Crippen molar-refractivity contribution in [3.8, 4) is 0 Å². The number of carbonyl (C=O) groups is 1. The summed E-state index contributed by atoms with van der Waals surface area (Å²) in [6, 6.07) is 1.70. The second-order valence-corrected chi connectivity index (χ2v) is 3.32. The molecule has 0 saturated carbocycles. The van der Waals surface area contributed by atoms with Crippen LogP contribution < -0.4 is 0 Å². The van der Waals surface area contributed by atoms with Gasteiger partial charge in [-0.15, -0.1) is 0 Å². The van der Waals surface area contributed by atoms with Gasteiger partial charge in [0, 0.05) is 33.0 Å². The summed E-state index contributed by atoms with van der Waals surface area (Å²) in [6.07, 6.45) is 2.42. The molecule has 0 aliphatic rings. The first-order valence-corrected chi connectivity index (χ1v) is 4.73. The fourth-order valence-electron chi connectivity index (χ4n) is 1.18. The summed E-state index contributed by atoms with van der Waals surface area (Å²) >= 11 is 5.86. The highest BCUT2D eigenvalue weighted by Gasteiger charge is 2.17. The molecule has 5 heteroatoms. The van der Waals surface area contributed by atoms with Crippen molar-refractivity contribution in [2.75, 3.05) is 14.2 Å². The molecule has 0 amide bonds. The van der Waals surface area contributed by atoms with E-state index in [9.17, 15) is 4.79 Å². The zero-order valence-electron chi connectivity index (χ0n) is 8.57. The van der Waals surface area contributed by atoms with Gasteiger partial charge < -0.3 is 9.47 Å². The average molecular weight is 230 g/mol. The van der Waals surface area contributed by atoms with Gasteiger partial charge in [-0.25, -0.2) is 0 Å². The molecule has 0 aromatic carbocycles. The third-order valence-electron chi connectivity index (χ3n) is 1.91. The summed E-state index contributed by atoms with van der Waals surface area (Å²) in [4.78, 5) is 15.4. The van der Waals surface area contributed by atoms with Gasteiger partial charge in [-0.05, 0) is 11.6 Å². The lowest BCUT2D eigenvalue weighted by Gasteiger charge is -2.12. The molecular formula is C10H12ClNO3. The van der Waals surface area contributed by atoms with Crippen LogP contribution in [0.25, 0.3) is 0 Å². The summed E-state index contributed by atoms with van der Waals surface area (Å²) < 4.78 is 9.69. The quantitative estimate of drug-likeness (QED) is 0.718. The number of pyridine rings is 1. The van der Waals surface area contributed by atoms with Crippen molar-refractivity contribution in [1.29, 1.82) is 0 Å². The van der Waals surface area contributed by atoms with Gasteiger partial charge in [-0.2, -0.15) is 0 Å². The summed E-state index contributed by atoms with van der Waals surface area (Å²) in [5.41, 5.74) is 0.718. The lowest BCUT2D eigenvalue weighted by atomic mass is 10.1. The fourth-order valence-corrected chi connectivity index (χ4v) is 1.36. The van der Waals surface area contributed by atoms with Crippen LogP contribution in [0.4, 0.5) is 0 Å². The number of aromatic nitrogens is 1. The van der Waals surface area contributed by atoms with E-state index in [1.54, 1.807) is 12.3 Å². The molecule has 1 aromatic rings. The highest BCUT2D eigenvalue weighted by Crippen LogP contribution is 2.15. The number of halogens is 1. The Morgan fingerprint density at radius 2 is 2.20 bits per heavy atom. The molecular weight excluding hydrogens is 218 g/mol. The molecule has 0 N–H and O–H groups in total. The Bertz CT molecular complexity index is 339. The van der Waals surface area contributed by atoms with Crippen LogP contribution in [0.1, 0.15) is 5.56 Å². The molecule has 4 nitrogen and oxygen atoms in total. The number of carbonyl (C=O) groups excluding carboxylic acids is 1. The van der Waals surface area contributed by atoms with Crippen LogP contribution in [0.3, 0.4) is 0 Å². The number of hydrogen-bond donors (Lipinski definition) is 0. The molecule has 0 saturated heterocycles. The molecule has 0 aliphatic carbocycles. The molecule has 1 rings (SSSR count). The standard InChI is InChI=1S/C10H12ClNO3/c1-14-10(15-2)9(13)5-7-3-4-12-6-8(7)11/h3-4,6,10H,5H2,1-2H3. The first kappa shape index (κ1) is 12.1. The Morgan fingerprint density at radius 3 is 2.73 bits per heavy atom. The lowest BCUT2D eigenvalue weighted by molar-refractivity contribution is -0.155. The Labute approximate surface area is 93.2 Å². The largest absolute Gasteiger partial charge is 0.349 e. The van der Waals surface area contributed by atoms with Crippen LogP contribution in [0.2, 0.25) is 5.02 Å². The minimum Gasteiger partial charge on any atom is -0.349 e. The van der Waals surface area contributed by atoms with Crippen LogP contribution in [-0.4, -0.2) is 31.3 Å². The molecule has 1 heterocycles. The van der Waals surface area contributed by atoms with Crippen molar-refractivity contribution in [2.45, 2.75) is 12.7 Å². The van der Waals surface area contributed by atoms with Gasteiger partial charge in [0.1, 0.15) is 0 Å². The van der Waals surface area contributed by atoms with Gasteiger partial charge in [0.25, 0.3) is 0 Å². The van der Waals surface area contributed by atoms with Gasteiger partial charge in [-0.3, -0.25) is 9.78 Å². The van der Waals surface area contributed by atoms with Crippen LogP contribution >= 0.6 is 11.6 Å². The van der Waals surface area contributed by atoms with E-state index in [1.165, 1.54) is 20.4 Å². The van der Waals surface area contributed by atoms with Gasteiger partial charge in [0.2, 0.25) is 6.29 Å². The molecule has 15 heavy (non-hydrogen) atoms. The zero-order chi connectivity index (χ0) is 11.3. The van der Waals surface area contributed by atoms with E-state index in [4.69, 9.17) is 21.1 Å². The van der Waals surface area contributed by atoms with Crippen LogP contribution in [0.5, 0.6) is 0 Å². The Morgan fingerprint density at radius 1 is 1.53 bits per heavy atom. The number of rotatable bonds is 5. The summed E-state index contributed by atoms with van der Waals surface area (Å²) in [5.74, 6) is -0.173. The normalized spacial score (nSPS) is 10.7. The third kappa shape index (κ3) is 3.27. The lowest BCUT2D eigenvalue weighted by Crippen LogP contribution is -2.26. The van der Waals surface area contributed by atoms with Gasteiger partial charge in [0.15, 0.2) is 5.78 Å². The molecule has 0 atom stereocenters. The van der Waals surface area contributed by atoms with E-state index >= 15 is 0 Å². The van der Waals surface area contributed by atoms with E-state index in [0.29, 0.717) is 5.02 Å². The van der Waals surface area contributed by atoms with Gasteiger partial charge in [-0.1, -0.05) is 11.6 Å². The predicted molar refractivity (Wildman–Crippen MR) is 55.8 cm³/mol. The number of methoxy groups -OCH3 is 2. The molecule has 0 spiro atoms. The van der Waals surface area contributed by atoms with Gasteiger partial charge >= 0.3 is 0 Å². The number of ketones is 1. The molecule has 0 unspecified atom stereocenters. The molecule has 82 valence electrons. The fraction of sp³-hybridized carbons (Fsp3) is 0.400. The maximum atomic E-state index is 11.6. The highest BCUT2D eigenvalue weighted by molar-refractivity contribution is 6.31. The van der Waals surface area contributed by atoms with E-state index in [-0.39, 0.29) is 12.2 Å². The average Bonchev–Trinajstić information content (AvgIpc) is 2.23. The van der Waals surface area contributed by atoms with Crippen LogP contribution in [0, 0.1) is 0 Å². The zero-order valence-corrected chi connectivity index (χ0v) is 9.32. The van der Waals surface area contributed by atoms with Crippen LogP contribution in [0.15, 0.2) is 18.5 Å². The van der Waals surface area contributed by atoms with Crippen molar-refractivity contribution in [3.63, 3.8) is 0 Å². The van der Waals surface area contributed by atoms with Crippen molar-refractivity contribution < 1.29 is 14.3 Å². The Balaban J connectivity index is 2.70. The van der Waals surface area contributed by atoms with Crippen molar-refractivity contribution in [3.05, 3.63) is 29.0 Å². The highest BCUT2D eigenvalue weighted by atomic mass is 35.5. The SMILES string of the molecule is COC(OC)C(=O)Cc1ccncc1Cl. The minimum atomic E-state index is -0.839. The second kappa shape index (κ2) is 5.80. The predicted octanol–water partition coefficient (Wildman–Crippen LogP) is 1.47. The molecule has 0 fully saturated rings.